The lowest BCUT2D eigenvalue weighted by atomic mass is 10.3. The number of H-pyrrole nitrogens is 1. The van der Waals surface area contributed by atoms with Gasteiger partial charge in [0, 0.05) is 6.20 Å². The van der Waals surface area contributed by atoms with Crippen molar-refractivity contribution in [2.45, 2.75) is 13.1 Å². The summed E-state index contributed by atoms with van der Waals surface area (Å²) in [7, 11) is 0. The fourth-order valence-electron chi connectivity index (χ4n) is 2.66. The van der Waals surface area contributed by atoms with Gasteiger partial charge in [-0.15, -0.1) is 0 Å². The van der Waals surface area contributed by atoms with Gasteiger partial charge in [0.2, 0.25) is 5.95 Å². The van der Waals surface area contributed by atoms with Crippen LogP contribution in [0.3, 0.4) is 0 Å². The Bertz CT molecular complexity index is 1320. The quantitative estimate of drug-likeness (QED) is 0.337. The van der Waals surface area contributed by atoms with Crippen LogP contribution in [-0.2, 0) is 13.1 Å². The van der Waals surface area contributed by atoms with Gasteiger partial charge in [0.1, 0.15) is 11.5 Å². The molecule has 0 bridgehead atoms. The Balaban J connectivity index is 1.37. The molecule has 156 valence electrons. The number of carbonyl (C=O) groups is 2. The second-order valence-corrected chi connectivity index (χ2v) is 6.33. The van der Waals surface area contributed by atoms with E-state index in [0.29, 0.717) is 11.5 Å². The van der Waals surface area contributed by atoms with Gasteiger partial charge < -0.3 is 20.8 Å². The number of aromatic amines is 1. The third-order valence-corrected chi connectivity index (χ3v) is 4.13. The fourth-order valence-corrected chi connectivity index (χ4v) is 2.66. The molecule has 4 heterocycles. The minimum Gasteiger partial charge on any atom is -0.454 e. The zero-order chi connectivity index (χ0) is 21.8. The summed E-state index contributed by atoms with van der Waals surface area (Å²) in [5, 5.41) is 5.30. The van der Waals surface area contributed by atoms with Gasteiger partial charge in [-0.2, -0.15) is 4.98 Å². The van der Waals surface area contributed by atoms with E-state index in [0.717, 1.165) is 6.20 Å². The predicted molar refractivity (Wildman–Crippen MR) is 108 cm³/mol. The number of aromatic nitrogens is 5. The van der Waals surface area contributed by atoms with E-state index in [1.807, 2.05) is 6.07 Å². The lowest BCUT2D eigenvalue weighted by Crippen LogP contribution is -2.25. The average molecular weight is 420 g/mol. The van der Waals surface area contributed by atoms with Crippen molar-refractivity contribution < 1.29 is 14.0 Å². The minimum atomic E-state index is -0.562. The molecule has 5 N–H and O–H groups in total. The van der Waals surface area contributed by atoms with Crippen molar-refractivity contribution in [3.63, 3.8) is 0 Å². The number of furan rings is 1. The summed E-state index contributed by atoms with van der Waals surface area (Å²) in [5.41, 5.74) is 5.52. The van der Waals surface area contributed by atoms with Crippen molar-refractivity contribution in [3.8, 4) is 0 Å². The van der Waals surface area contributed by atoms with Crippen molar-refractivity contribution in [2.75, 3.05) is 5.73 Å². The Hall–Kier alpha value is -4.61. The summed E-state index contributed by atoms with van der Waals surface area (Å²) >= 11 is 0. The second-order valence-electron chi connectivity index (χ2n) is 6.33. The lowest BCUT2D eigenvalue weighted by molar-refractivity contribution is 0.0920. The molecule has 0 spiro atoms. The van der Waals surface area contributed by atoms with Crippen LogP contribution < -0.4 is 21.9 Å². The van der Waals surface area contributed by atoms with Crippen molar-refractivity contribution in [2.24, 2.45) is 0 Å². The highest BCUT2D eigenvalue weighted by Gasteiger charge is 2.14. The van der Waals surface area contributed by atoms with Crippen molar-refractivity contribution in [1.82, 2.24) is 35.6 Å². The summed E-state index contributed by atoms with van der Waals surface area (Å²) in [6.45, 7) is 0.269. The molecule has 0 aliphatic carbocycles. The third kappa shape index (κ3) is 4.53. The van der Waals surface area contributed by atoms with Gasteiger partial charge in [-0.25, -0.2) is 9.97 Å². The molecule has 0 unspecified atom stereocenters. The summed E-state index contributed by atoms with van der Waals surface area (Å²) in [6, 6.07) is 8.48. The Labute approximate surface area is 174 Å². The first-order valence-corrected chi connectivity index (χ1v) is 9.07. The van der Waals surface area contributed by atoms with E-state index in [4.69, 9.17) is 10.2 Å². The van der Waals surface area contributed by atoms with Gasteiger partial charge in [-0.1, -0.05) is 6.07 Å². The summed E-state index contributed by atoms with van der Waals surface area (Å²) in [6.07, 6.45) is 2.79. The van der Waals surface area contributed by atoms with Gasteiger partial charge in [0.25, 0.3) is 17.4 Å². The van der Waals surface area contributed by atoms with Gasteiger partial charge in [0.15, 0.2) is 16.9 Å². The normalized spacial score (nSPS) is 10.7. The smallest absolute Gasteiger partial charge is 0.287 e. The first kappa shape index (κ1) is 19.7. The number of nitrogens with zero attached hydrogens (tertiary/aromatic N) is 4. The molecular formula is C19H16N8O4. The van der Waals surface area contributed by atoms with Crippen LogP contribution in [0.25, 0.3) is 11.2 Å². The molecule has 31 heavy (non-hydrogen) atoms. The zero-order valence-corrected chi connectivity index (χ0v) is 16.0. The van der Waals surface area contributed by atoms with Gasteiger partial charge in [0.05, 0.1) is 25.0 Å². The average Bonchev–Trinajstić information content (AvgIpc) is 3.25. The first-order valence-electron chi connectivity index (χ1n) is 9.07. The number of amides is 2. The number of nitrogen functional groups attached to an aromatic ring is 1. The number of fused-ring (bicyclic) bond motifs is 1. The molecule has 0 aromatic carbocycles. The molecule has 2 amide bonds. The summed E-state index contributed by atoms with van der Waals surface area (Å²) in [4.78, 5) is 54.5. The molecule has 0 atom stereocenters. The number of hydrogen-bond donors (Lipinski definition) is 4. The van der Waals surface area contributed by atoms with E-state index in [-0.39, 0.29) is 41.7 Å². The van der Waals surface area contributed by atoms with E-state index in [1.165, 1.54) is 6.07 Å². The monoisotopic (exact) mass is 420 g/mol. The number of nitrogens with one attached hydrogen (secondary N) is 3. The van der Waals surface area contributed by atoms with E-state index in [1.54, 1.807) is 24.4 Å². The Kier molecular flexibility index (Phi) is 5.34. The maximum absolute atomic E-state index is 12.3. The second kappa shape index (κ2) is 8.41. The number of carbonyl (C=O) groups excluding carboxylic acids is 2. The fraction of sp³-hybridized carbons (Fsp3) is 0.105. The third-order valence-electron chi connectivity index (χ3n) is 4.13. The van der Waals surface area contributed by atoms with Crippen LogP contribution >= 0.6 is 0 Å². The maximum Gasteiger partial charge on any atom is 0.287 e. The molecule has 4 aromatic rings. The molecule has 4 aromatic heterocycles. The summed E-state index contributed by atoms with van der Waals surface area (Å²) in [5.74, 6) is -0.632. The highest BCUT2D eigenvalue weighted by Crippen LogP contribution is 2.09. The van der Waals surface area contributed by atoms with Crippen LogP contribution in [0.5, 0.6) is 0 Å². The molecule has 12 heteroatoms. The standard InChI is InChI=1S/C19H16N8O4/c20-19-26-15-14(18(30)27-19)22-9-12(25-15)16(28)24-8-11-4-5-13(31-11)17(29)23-7-10-3-1-2-6-21-10/h1-6,9H,7-8H2,(H,23,29)(H,24,28)(H3,20,25,26,27,30). The molecule has 0 aliphatic heterocycles. The van der Waals surface area contributed by atoms with Gasteiger partial charge in [-0.05, 0) is 24.3 Å². The molecular weight excluding hydrogens is 404 g/mol. The predicted octanol–water partition coefficient (Wildman–Crippen LogP) is 0.143. The molecule has 0 radical (unpaired) electrons. The summed E-state index contributed by atoms with van der Waals surface area (Å²) < 4.78 is 5.46. The van der Waals surface area contributed by atoms with Crippen LogP contribution in [0.15, 0.2) is 51.9 Å². The minimum absolute atomic E-state index is 0.0109. The maximum atomic E-state index is 12.3. The number of pyridine rings is 1. The first-order chi connectivity index (χ1) is 15.0. The molecule has 0 aliphatic rings. The highest BCUT2D eigenvalue weighted by molar-refractivity contribution is 5.93. The Morgan fingerprint density at radius 1 is 1.03 bits per heavy atom. The van der Waals surface area contributed by atoms with Crippen molar-refractivity contribution in [1.29, 1.82) is 0 Å². The van der Waals surface area contributed by atoms with E-state index < -0.39 is 17.4 Å². The lowest BCUT2D eigenvalue weighted by Gasteiger charge is -2.04. The van der Waals surface area contributed by atoms with Crippen LogP contribution in [-0.4, -0.2) is 36.7 Å². The van der Waals surface area contributed by atoms with Crippen molar-refractivity contribution >= 4 is 28.9 Å². The van der Waals surface area contributed by atoms with Crippen LogP contribution in [0.1, 0.15) is 32.5 Å². The number of nitrogens with two attached hydrogens (primary N) is 1. The van der Waals surface area contributed by atoms with E-state index >= 15 is 0 Å². The molecule has 0 saturated heterocycles. The topological polar surface area (TPSA) is 182 Å². The van der Waals surface area contributed by atoms with Gasteiger partial charge in [-0.3, -0.25) is 24.4 Å². The van der Waals surface area contributed by atoms with E-state index in [9.17, 15) is 14.4 Å². The number of anilines is 1. The van der Waals surface area contributed by atoms with E-state index in [2.05, 4.69) is 35.6 Å². The number of rotatable bonds is 6. The van der Waals surface area contributed by atoms with Crippen molar-refractivity contribution in [3.05, 3.63) is 76.0 Å². The largest absolute Gasteiger partial charge is 0.454 e. The molecule has 12 nitrogen and oxygen atoms in total. The zero-order valence-electron chi connectivity index (χ0n) is 16.0. The molecule has 0 saturated carbocycles. The Morgan fingerprint density at radius 2 is 1.87 bits per heavy atom. The SMILES string of the molecule is Nc1nc2nc(C(=O)NCc3ccc(C(=O)NCc4ccccn4)o3)cnc2c(=O)[nH]1. The molecule has 4 rings (SSSR count). The highest BCUT2D eigenvalue weighted by atomic mass is 16.4. The van der Waals surface area contributed by atoms with Gasteiger partial charge >= 0.3 is 0 Å². The van der Waals surface area contributed by atoms with Crippen LogP contribution in [0.2, 0.25) is 0 Å². The number of hydrogen-bond acceptors (Lipinski definition) is 9. The van der Waals surface area contributed by atoms with Crippen LogP contribution in [0, 0.1) is 0 Å². The Morgan fingerprint density at radius 3 is 2.68 bits per heavy atom. The van der Waals surface area contributed by atoms with Crippen LogP contribution in [0.4, 0.5) is 5.95 Å². The molecule has 0 fully saturated rings.